The first kappa shape index (κ1) is 20.8. The van der Waals surface area contributed by atoms with Crippen LogP contribution in [-0.4, -0.2) is 50.2 Å². The molecule has 0 aliphatic heterocycles. The van der Waals surface area contributed by atoms with E-state index in [1.807, 2.05) is 19.1 Å². The van der Waals surface area contributed by atoms with Gasteiger partial charge in [0, 0.05) is 36.8 Å². The minimum atomic E-state index is -3.67. The van der Waals surface area contributed by atoms with Crippen LogP contribution in [0.2, 0.25) is 0 Å². The van der Waals surface area contributed by atoms with Crippen LogP contribution in [0.1, 0.15) is 4.88 Å². The second kappa shape index (κ2) is 8.23. The molecule has 0 saturated carbocycles. The lowest BCUT2D eigenvalue weighted by Crippen LogP contribution is -2.23. The SMILES string of the molecule is COc1cc(NC(=O)Nc2cc(-c3ccc(C)s3)[nH]n2)ccc1S(=O)(=O)N(C)C. The molecule has 1 aromatic carbocycles. The molecule has 0 saturated heterocycles. The van der Waals surface area contributed by atoms with E-state index in [2.05, 4.69) is 20.8 Å². The van der Waals surface area contributed by atoms with Gasteiger partial charge in [-0.1, -0.05) is 0 Å². The average Bonchev–Trinajstić information content (AvgIpc) is 3.30. The van der Waals surface area contributed by atoms with Crippen LogP contribution in [0.5, 0.6) is 5.75 Å². The molecule has 0 unspecified atom stereocenters. The molecule has 2 heterocycles. The number of urea groups is 1. The predicted molar refractivity (Wildman–Crippen MR) is 113 cm³/mol. The zero-order valence-corrected chi connectivity index (χ0v) is 17.9. The Bertz CT molecular complexity index is 1130. The van der Waals surface area contributed by atoms with E-state index in [9.17, 15) is 13.2 Å². The van der Waals surface area contributed by atoms with E-state index in [4.69, 9.17) is 4.74 Å². The maximum Gasteiger partial charge on any atom is 0.324 e. The van der Waals surface area contributed by atoms with Crippen LogP contribution in [0.4, 0.5) is 16.3 Å². The zero-order valence-electron chi connectivity index (χ0n) is 16.3. The molecular formula is C18H21N5O4S2. The highest BCUT2D eigenvalue weighted by Gasteiger charge is 2.22. The van der Waals surface area contributed by atoms with Crippen molar-refractivity contribution in [1.82, 2.24) is 14.5 Å². The van der Waals surface area contributed by atoms with Gasteiger partial charge in [0.15, 0.2) is 5.82 Å². The smallest absolute Gasteiger partial charge is 0.324 e. The van der Waals surface area contributed by atoms with Crippen LogP contribution >= 0.6 is 11.3 Å². The fraction of sp³-hybridized carbons (Fsp3) is 0.222. The first-order valence-electron chi connectivity index (χ1n) is 8.51. The second-order valence-corrected chi connectivity index (χ2v) is 9.72. The minimum Gasteiger partial charge on any atom is -0.495 e. The summed E-state index contributed by atoms with van der Waals surface area (Å²) in [6, 6.07) is 9.52. The van der Waals surface area contributed by atoms with Crippen molar-refractivity contribution in [2.45, 2.75) is 11.8 Å². The molecule has 0 bridgehead atoms. The van der Waals surface area contributed by atoms with Gasteiger partial charge in [-0.05, 0) is 31.2 Å². The van der Waals surface area contributed by atoms with Gasteiger partial charge < -0.3 is 10.1 Å². The number of hydrogen-bond acceptors (Lipinski definition) is 6. The Labute approximate surface area is 172 Å². The second-order valence-electron chi connectivity index (χ2n) is 6.31. The molecule has 0 radical (unpaired) electrons. The zero-order chi connectivity index (χ0) is 21.2. The van der Waals surface area contributed by atoms with Crippen LogP contribution in [0.3, 0.4) is 0 Å². The normalized spacial score (nSPS) is 11.5. The number of ether oxygens (including phenoxy) is 1. The molecule has 2 amide bonds. The van der Waals surface area contributed by atoms with E-state index in [0.29, 0.717) is 11.5 Å². The van der Waals surface area contributed by atoms with Gasteiger partial charge in [-0.25, -0.2) is 17.5 Å². The summed E-state index contributed by atoms with van der Waals surface area (Å²) in [5.74, 6) is 0.494. The Kier molecular flexibility index (Phi) is 5.91. The fourth-order valence-electron chi connectivity index (χ4n) is 2.53. The molecule has 3 N–H and O–H groups in total. The molecule has 2 aromatic heterocycles. The Balaban J connectivity index is 1.72. The number of thiophene rings is 1. The average molecular weight is 436 g/mol. The van der Waals surface area contributed by atoms with Gasteiger partial charge in [0.25, 0.3) is 0 Å². The van der Waals surface area contributed by atoms with Crippen molar-refractivity contribution in [3.63, 3.8) is 0 Å². The Morgan fingerprint density at radius 1 is 1.17 bits per heavy atom. The van der Waals surface area contributed by atoms with E-state index >= 15 is 0 Å². The van der Waals surface area contributed by atoms with Gasteiger partial charge in [0.05, 0.1) is 17.7 Å². The molecule has 9 nitrogen and oxygen atoms in total. The lowest BCUT2D eigenvalue weighted by atomic mass is 10.3. The van der Waals surface area contributed by atoms with Crippen molar-refractivity contribution in [3.8, 4) is 16.3 Å². The van der Waals surface area contributed by atoms with Gasteiger partial charge in [-0.3, -0.25) is 10.4 Å². The molecule has 0 spiro atoms. The summed E-state index contributed by atoms with van der Waals surface area (Å²) in [6.07, 6.45) is 0. The van der Waals surface area contributed by atoms with Crippen molar-refractivity contribution < 1.29 is 17.9 Å². The number of hydrogen-bond donors (Lipinski definition) is 3. The quantitative estimate of drug-likeness (QED) is 0.549. The Morgan fingerprint density at radius 3 is 2.55 bits per heavy atom. The third kappa shape index (κ3) is 4.58. The van der Waals surface area contributed by atoms with E-state index in [0.717, 1.165) is 14.9 Å². The topological polar surface area (TPSA) is 116 Å². The van der Waals surface area contributed by atoms with Crippen molar-refractivity contribution in [2.75, 3.05) is 31.8 Å². The lowest BCUT2D eigenvalue weighted by molar-refractivity contribution is 0.262. The Hall–Kier alpha value is -2.89. The number of H-pyrrole nitrogens is 1. The molecule has 11 heteroatoms. The van der Waals surface area contributed by atoms with E-state index in [1.165, 1.54) is 44.3 Å². The van der Waals surface area contributed by atoms with Crippen molar-refractivity contribution in [2.24, 2.45) is 0 Å². The summed E-state index contributed by atoms with van der Waals surface area (Å²) >= 11 is 1.62. The summed E-state index contributed by atoms with van der Waals surface area (Å²) in [5.41, 5.74) is 1.18. The summed E-state index contributed by atoms with van der Waals surface area (Å²) in [6.45, 7) is 2.01. The number of carbonyl (C=O) groups excluding carboxylic acids is 1. The molecule has 154 valence electrons. The summed E-state index contributed by atoms with van der Waals surface area (Å²) in [7, 11) is 0.567. The predicted octanol–water partition coefficient (Wildman–Crippen LogP) is 3.35. The number of sulfonamides is 1. The summed E-state index contributed by atoms with van der Waals surface area (Å²) in [4.78, 5) is 14.5. The first-order chi connectivity index (χ1) is 13.7. The van der Waals surface area contributed by atoms with Crippen LogP contribution in [-0.2, 0) is 10.0 Å². The standard InChI is InChI=1S/C18H21N5O4S2/c1-11-5-7-15(28-11)13-10-17(22-21-13)20-18(24)19-12-6-8-16(14(9-12)27-4)29(25,26)23(2)3/h5-10H,1-4H3,(H3,19,20,21,22,24). The maximum absolute atomic E-state index is 12.3. The largest absolute Gasteiger partial charge is 0.495 e. The lowest BCUT2D eigenvalue weighted by Gasteiger charge is -2.15. The van der Waals surface area contributed by atoms with Gasteiger partial charge in [0.2, 0.25) is 10.0 Å². The number of carbonyl (C=O) groups is 1. The molecule has 0 atom stereocenters. The van der Waals surface area contributed by atoms with Gasteiger partial charge in [-0.15, -0.1) is 11.3 Å². The monoisotopic (exact) mass is 435 g/mol. The van der Waals surface area contributed by atoms with E-state index in [-0.39, 0.29) is 10.6 Å². The van der Waals surface area contributed by atoms with Gasteiger partial charge in [0.1, 0.15) is 10.6 Å². The molecule has 29 heavy (non-hydrogen) atoms. The van der Waals surface area contributed by atoms with Crippen molar-refractivity contribution >= 4 is 38.9 Å². The van der Waals surface area contributed by atoms with Crippen LogP contribution in [0, 0.1) is 6.92 Å². The number of aromatic nitrogens is 2. The number of rotatable bonds is 6. The number of aromatic amines is 1. The van der Waals surface area contributed by atoms with E-state index in [1.54, 1.807) is 17.4 Å². The molecule has 3 rings (SSSR count). The van der Waals surface area contributed by atoms with Crippen molar-refractivity contribution in [1.29, 1.82) is 0 Å². The number of benzene rings is 1. The molecule has 0 fully saturated rings. The highest BCUT2D eigenvalue weighted by Crippen LogP contribution is 2.29. The van der Waals surface area contributed by atoms with Crippen molar-refractivity contribution in [3.05, 3.63) is 41.3 Å². The molecule has 0 aliphatic carbocycles. The minimum absolute atomic E-state index is 0.0131. The highest BCUT2D eigenvalue weighted by atomic mass is 32.2. The third-order valence-electron chi connectivity index (χ3n) is 4.01. The molecular weight excluding hydrogens is 414 g/mol. The molecule has 0 aliphatic rings. The fourth-order valence-corrected chi connectivity index (χ4v) is 4.39. The summed E-state index contributed by atoms with van der Waals surface area (Å²) < 4.78 is 31.0. The summed E-state index contributed by atoms with van der Waals surface area (Å²) in [5, 5.41) is 12.2. The van der Waals surface area contributed by atoms with Gasteiger partial charge in [-0.2, -0.15) is 5.10 Å². The third-order valence-corrected chi connectivity index (χ3v) is 6.89. The number of amides is 2. The van der Waals surface area contributed by atoms with Crippen LogP contribution in [0.15, 0.2) is 41.3 Å². The Morgan fingerprint density at radius 2 is 1.93 bits per heavy atom. The number of aryl methyl sites for hydroxylation is 1. The highest BCUT2D eigenvalue weighted by molar-refractivity contribution is 7.89. The van der Waals surface area contributed by atoms with Gasteiger partial charge >= 0.3 is 6.03 Å². The maximum atomic E-state index is 12.3. The number of nitrogens with one attached hydrogen (secondary N) is 3. The van der Waals surface area contributed by atoms with Crippen LogP contribution in [0.25, 0.3) is 10.6 Å². The number of nitrogens with zero attached hydrogens (tertiary/aromatic N) is 2. The number of methoxy groups -OCH3 is 1. The van der Waals surface area contributed by atoms with Crippen LogP contribution < -0.4 is 15.4 Å². The van der Waals surface area contributed by atoms with E-state index < -0.39 is 16.1 Å². The first-order valence-corrected chi connectivity index (χ1v) is 10.8. The molecule has 3 aromatic rings. The number of anilines is 2.